The van der Waals surface area contributed by atoms with Gasteiger partial charge >= 0.3 is 0 Å². The standard InChI is InChI=1S/C26H29N3O5S/c1-4-19(2)27-26(31)23-12-8-9-13-24(23)28-25(30)18-29(20-10-6-5-7-11-20)35(32,33)22-16-14-21(34-3)15-17-22/h5-17,19H,4,18H2,1-3H3,(H,27,31)(H,28,30)/t19-/m1/s1. The fourth-order valence-electron chi connectivity index (χ4n) is 3.30. The molecule has 2 N–H and O–H groups in total. The first-order valence-corrected chi connectivity index (χ1v) is 12.6. The van der Waals surface area contributed by atoms with Crippen molar-refractivity contribution in [2.75, 3.05) is 23.3 Å². The van der Waals surface area contributed by atoms with Crippen molar-refractivity contribution in [2.45, 2.75) is 31.2 Å². The van der Waals surface area contributed by atoms with Crippen molar-refractivity contribution in [3.8, 4) is 5.75 Å². The van der Waals surface area contributed by atoms with E-state index in [1.54, 1.807) is 66.7 Å². The molecule has 0 bridgehead atoms. The van der Waals surface area contributed by atoms with Crippen LogP contribution in [0, 0.1) is 0 Å². The molecule has 35 heavy (non-hydrogen) atoms. The number of amides is 2. The molecule has 0 saturated heterocycles. The van der Waals surface area contributed by atoms with Crippen LogP contribution in [0.25, 0.3) is 0 Å². The summed E-state index contributed by atoms with van der Waals surface area (Å²) < 4.78 is 33.1. The molecule has 1 atom stereocenters. The van der Waals surface area contributed by atoms with Gasteiger partial charge in [-0.05, 0) is 61.9 Å². The van der Waals surface area contributed by atoms with Crippen molar-refractivity contribution in [3.63, 3.8) is 0 Å². The van der Waals surface area contributed by atoms with Crippen molar-refractivity contribution < 1.29 is 22.7 Å². The summed E-state index contributed by atoms with van der Waals surface area (Å²) in [4.78, 5) is 25.8. The van der Waals surface area contributed by atoms with Gasteiger partial charge in [-0.25, -0.2) is 8.42 Å². The number of anilines is 2. The number of nitrogens with one attached hydrogen (secondary N) is 2. The lowest BCUT2D eigenvalue weighted by Gasteiger charge is -2.24. The van der Waals surface area contributed by atoms with Gasteiger partial charge in [-0.2, -0.15) is 0 Å². The topological polar surface area (TPSA) is 105 Å². The summed E-state index contributed by atoms with van der Waals surface area (Å²) >= 11 is 0. The Balaban J connectivity index is 1.88. The predicted molar refractivity (Wildman–Crippen MR) is 136 cm³/mol. The Morgan fingerprint density at radius 1 is 0.943 bits per heavy atom. The number of benzene rings is 3. The van der Waals surface area contributed by atoms with Gasteiger partial charge in [-0.15, -0.1) is 0 Å². The second-order valence-corrected chi connectivity index (χ2v) is 9.76. The molecule has 0 aromatic heterocycles. The summed E-state index contributed by atoms with van der Waals surface area (Å²) in [6, 6.07) is 20.9. The first-order valence-electron chi connectivity index (χ1n) is 11.2. The number of hydrogen-bond donors (Lipinski definition) is 2. The summed E-state index contributed by atoms with van der Waals surface area (Å²) in [5, 5.41) is 5.57. The molecule has 8 nitrogen and oxygen atoms in total. The number of carbonyl (C=O) groups is 2. The predicted octanol–water partition coefficient (Wildman–Crippen LogP) is 4.06. The average Bonchev–Trinajstić information content (AvgIpc) is 2.87. The molecule has 0 fully saturated rings. The highest BCUT2D eigenvalue weighted by Gasteiger charge is 2.27. The van der Waals surface area contributed by atoms with Crippen molar-refractivity contribution in [2.24, 2.45) is 0 Å². The fraction of sp³-hybridized carbons (Fsp3) is 0.231. The van der Waals surface area contributed by atoms with Gasteiger partial charge in [0.25, 0.3) is 15.9 Å². The van der Waals surface area contributed by atoms with E-state index in [0.717, 1.165) is 10.7 Å². The van der Waals surface area contributed by atoms with E-state index < -0.39 is 22.5 Å². The van der Waals surface area contributed by atoms with E-state index in [1.165, 1.54) is 19.2 Å². The number of rotatable bonds is 10. The Hall–Kier alpha value is -3.85. The molecule has 0 spiro atoms. The third-order valence-corrected chi connectivity index (χ3v) is 7.20. The van der Waals surface area contributed by atoms with Gasteiger partial charge in [0, 0.05) is 6.04 Å². The van der Waals surface area contributed by atoms with E-state index in [4.69, 9.17) is 4.74 Å². The largest absolute Gasteiger partial charge is 0.497 e. The second-order valence-electron chi connectivity index (χ2n) is 7.90. The van der Waals surface area contributed by atoms with Crippen LogP contribution in [0.3, 0.4) is 0 Å². The van der Waals surface area contributed by atoms with Gasteiger partial charge in [0.15, 0.2) is 0 Å². The van der Waals surface area contributed by atoms with Gasteiger partial charge in [0.1, 0.15) is 12.3 Å². The maximum absolute atomic E-state index is 13.5. The highest BCUT2D eigenvalue weighted by molar-refractivity contribution is 7.92. The van der Waals surface area contributed by atoms with Crippen molar-refractivity contribution >= 4 is 33.2 Å². The zero-order valence-corrected chi connectivity index (χ0v) is 20.7. The second kappa shape index (κ2) is 11.5. The van der Waals surface area contributed by atoms with Crippen molar-refractivity contribution in [1.29, 1.82) is 0 Å². The molecular formula is C26H29N3O5S. The van der Waals surface area contributed by atoms with Crippen LogP contribution in [-0.4, -0.2) is 39.9 Å². The number of sulfonamides is 1. The van der Waals surface area contributed by atoms with Crippen LogP contribution in [0.15, 0.2) is 83.8 Å². The van der Waals surface area contributed by atoms with E-state index in [-0.39, 0.29) is 16.8 Å². The third-order valence-electron chi connectivity index (χ3n) is 5.41. The summed E-state index contributed by atoms with van der Waals surface area (Å²) in [5.74, 6) is -0.393. The van der Waals surface area contributed by atoms with E-state index in [9.17, 15) is 18.0 Å². The minimum atomic E-state index is -4.07. The molecule has 0 aliphatic rings. The zero-order valence-electron chi connectivity index (χ0n) is 19.9. The quantitative estimate of drug-likeness (QED) is 0.441. The van der Waals surface area contributed by atoms with Crippen molar-refractivity contribution in [3.05, 3.63) is 84.4 Å². The molecule has 0 aliphatic heterocycles. The van der Waals surface area contributed by atoms with Gasteiger partial charge in [-0.1, -0.05) is 37.3 Å². The molecule has 9 heteroatoms. The SMILES string of the molecule is CC[C@@H](C)NC(=O)c1ccccc1NC(=O)CN(c1ccccc1)S(=O)(=O)c1ccc(OC)cc1. The van der Waals surface area contributed by atoms with Gasteiger partial charge in [-0.3, -0.25) is 13.9 Å². The molecule has 184 valence electrons. The Labute approximate surface area is 206 Å². The molecule has 0 saturated carbocycles. The Kier molecular flexibility index (Phi) is 8.48. The van der Waals surface area contributed by atoms with E-state index in [2.05, 4.69) is 10.6 Å². The number of nitrogens with zero attached hydrogens (tertiary/aromatic N) is 1. The lowest BCUT2D eigenvalue weighted by atomic mass is 10.1. The third kappa shape index (κ3) is 6.39. The zero-order chi connectivity index (χ0) is 25.4. The van der Waals surface area contributed by atoms with Gasteiger partial charge in [0.2, 0.25) is 5.91 Å². The van der Waals surface area contributed by atoms with Crippen LogP contribution >= 0.6 is 0 Å². The van der Waals surface area contributed by atoms with Crippen LogP contribution in [0.4, 0.5) is 11.4 Å². The average molecular weight is 496 g/mol. The highest BCUT2D eigenvalue weighted by Crippen LogP contribution is 2.25. The van der Waals surface area contributed by atoms with Gasteiger partial charge < -0.3 is 15.4 Å². The molecule has 3 aromatic carbocycles. The number of ether oxygens (including phenoxy) is 1. The first kappa shape index (κ1) is 25.8. The van der Waals surface area contributed by atoms with E-state index in [0.29, 0.717) is 22.7 Å². The van der Waals surface area contributed by atoms with Crippen LogP contribution in [0.2, 0.25) is 0 Å². The molecule has 0 unspecified atom stereocenters. The molecule has 0 heterocycles. The Morgan fingerprint density at radius 2 is 1.57 bits per heavy atom. The Bertz CT molecular complexity index is 1260. The lowest BCUT2D eigenvalue weighted by Crippen LogP contribution is -2.38. The summed E-state index contributed by atoms with van der Waals surface area (Å²) in [5.41, 5.74) is 0.930. The molecule has 3 rings (SSSR count). The fourth-order valence-corrected chi connectivity index (χ4v) is 4.72. The molecule has 3 aromatic rings. The number of para-hydroxylation sites is 2. The van der Waals surface area contributed by atoms with Crippen LogP contribution in [0.1, 0.15) is 30.6 Å². The minimum Gasteiger partial charge on any atom is -0.497 e. The summed E-state index contributed by atoms with van der Waals surface area (Å²) in [6.45, 7) is 3.36. The molecule has 2 amide bonds. The Morgan fingerprint density at radius 3 is 2.20 bits per heavy atom. The highest BCUT2D eigenvalue weighted by atomic mass is 32.2. The summed E-state index contributed by atoms with van der Waals surface area (Å²) in [6.07, 6.45) is 0.759. The molecule has 0 aliphatic carbocycles. The van der Waals surface area contributed by atoms with Gasteiger partial charge in [0.05, 0.1) is 28.9 Å². The van der Waals surface area contributed by atoms with Crippen LogP contribution in [0.5, 0.6) is 5.75 Å². The first-order chi connectivity index (χ1) is 16.8. The van der Waals surface area contributed by atoms with E-state index >= 15 is 0 Å². The normalized spacial score (nSPS) is 11.9. The van der Waals surface area contributed by atoms with Crippen LogP contribution in [-0.2, 0) is 14.8 Å². The lowest BCUT2D eigenvalue weighted by molar-refractivity contribution is -0.114. The number of hydrogen-bond acceptors (Lipinski definition) is 5. The monoisotopic (exact) mass is 495 g/mol. The maximum atomic E-state index is 13.5. The van der Waals surface area contributed by atoms with Crippen LogP contribution < -0.4 is 19.7 Å². The number of carbonyl (C=O) groups excluding carboxylic acids is 2. The van der Waals surface area contributed by atoms with Crippen molar-refractivity contribution in [1.82, 2.24) is 5.32 Å². The van der Waals surface area contributed by atoms with E-state index in [1.807, 2.05) is 13.8 Å². The maximum Gasteiger partial charge on any atom is 0.264 e. The molecule has 0 radical (unpaired) electrons. The summed E-state index contributed by atoms with van der Waals surface area (Å²) in [7, 11) is -2.58. The minimum absolute atomic E-state index is 0.0169. The number of methoxy groups -OCH3 is 1. The smallest absolute Gasteiger partial charge is 0.264 e. The molecular weight excluding hydrogens is 466 g/mol.